The third-order valence-electron chi connectivity index (χ3n) is 11.6. The summed E-state index contributed by atoms with van der Waals surface area (Å²) in [5, 5.41) is 95.5. The Bertz CT molecular complexity index is 1350. The summed E-state index contributed by atoms with van der Waals surface area (Å²) in [6.07, 6.45) is -19.7. The summed E-state index contributed by atoms with van der Waals surface area (Å²) in [7, 11) is 0. The van der Waals surface area contributed by atoms with Crippen LogP contribution in [0.25, 0.3) is 0 Å². The molecule has 0 aromatic heterocycles. The lowest BCUT2D eigenvalue weighted by molar-refractivity contribution is -0.297. The van der Waals surface area contributed by atoms with Gasteiger partial charge in [0.15, 0.2) is 24.8 Å². The highest BCUT2D eigenvalue weighted by molar-refractivity contribution is 5.81. The van der Waals surface area contributed by atoms with Crippen molar-refractivity contribution >= 4 is 11.9 Å². The molecule has 25 nitrogen and oxygen atoms in total. The van der Waals surface area contributed by atoms with E-state index in [-0.39, 0.29) is 51.4 Å². The highest BCUT2D eigenvalue weighted by Gasteiger charge is 2.54. The number of piperidine rings is 1. The van der Waals surface area contributed by atoms with Crippen LogP contribution < -0.4 is 50.4 Å². The van der Waals surface area contributed by atoms with Crippen LogP contribution in [0.5, 0.6) is 0 Å². The van der Waals surface area contributed by atoms with Gasteiger partial charge in [-0.3, -0.25) is 9.79 Å². The second-order valence-corrected chi connectivity index (χ2v) is 16.1. The number of nitrogens with one attached hydrogen (secondary N) is 3. The summed E-state index contributed by atoms with van der Waals surface area (Å²) in [5.41, 5.74) is 34.5. The number of aliphatic hydroxyl groups excluding tert-OH is 7. The molecule has 0 radical (unpaired) electrons. The predicted molar refractivity (Wildman–Crippen MR) is 203 cm³/mol. The molecule has 1 aliphatic carbocycles. The molecule has 4 heterocycles. The van der Waals surface area contributed by atoms with Gasteiger partial charge < -0.3 is 120 Å². The molecule has 0 aromatic rings. The zero-order chi connectivity index (χ0) is 43.2. The topological polar surface area (TPSA) is 439 Å². The van der Waals surface area contributed by atoms with E-state index in [2.05, 4.69) is 20.9 Å². The molecule has 342 valence electrons. The van der Waals surface area contributed by atoms with Crippen molar-refractivity contribution < 1.29 is 74.1 Å². The highest BCUT2D eigenvalue weighted by Crippen LogP contribution is 2.35. The molecule has 4 saturated heterocycles. The number of ether oxygens (including phenoxy) is 6. The Morgan fingerprint density at radius 2 is 1.47 bits per heavy atom. The van der Waals surface area contributed by atoms with Gasteiger partial charge in [-0.25, -0.2) is 0 Å². The van der Waals surface area contributed by atoms with E-state index in [4.69, 9.17) is 62.8 Å². The van der Waals surface area contributed by atoms with E-state index < -0.39 is 134 Å². The van der Waals surface area contributed by atoms with Crippen LogP contribution >= 0.6 is 0 Å². The highest BCUT2D eigenvalue weighted by atomic mass is 16.8. The molecule has 5 fully saturated rings. The Hall–Kier alpha value is -2.06. The third kappa shape index (κ3) is 11.9. The summed E-state index contributed by atoms with van der Waals surface area (Å²) in [4.78, 5) is 16.8. The summed E-state index contributed by atoms with van der Waals surface area (Å²) >= 11 is 0. The predicted octanol–water partition coefficient (Wildman–Crippen LogP) is -9.94. The van der Waals surface area contributed by atoms with Crippen molar-refractivity contribution in [3.63, 3.8) is 0 Å². The molecule has 19 atom stereocenters. The number of hydrogen-bond donors (Lipinski definition) is 17. The van der Waals surface area contributed by atoms with E-state index in [0.717, 1.165) is 0 Å². The van der Waals surface area contributed by atoms with Crippen molar-refractivity contribution in [3.8, 4) is 0 Å². The molecule has 23 N–H and O–H groups in total. The van der Waals surface area contributed by atoms with Crippen molar-refractivity contribution in [3.05, 3.63) is 0 Å². The zero-order valence-corrected chi connectivity index (χ0v) is 32.8. The van der Waals surface area contributed by atoms with Crippen molar-refractivity contribution in [2.24, 2.45) is 39.4 Å². The van der Waals surface area contributed by atoms with Gasteiger partial charge in [-0.2, -0.15) is 0 Å². The van der Waals surface area contributed by atoms with E-state index in [1.165, 1.54) is 0 Å². The quantitative estimate of drug-likeness (QED) is 0.0477. The van der Waals surface area contributed by atoms with Crippen LogP contribution in [-0.2, 0) is 33.2 Å². The maximum Gasteiger partial charge on any atom is 0.249 e. The third-order valence-corrected chi connectivity index (χ3v) is 11.6. The number of aliphatic hydroxyl groups is 8. The van der Waals surface area contributed by atoms with Gasteiger partial charge in [-0.05, 0) is 38.8 Å². The minimum absolute atomic E-state index is 0.0431. The SMILES string of the molecule is NC[C@@H]1O[C@H](O[C@H]2[C@@H](O)[C@H](O[C@@H]3[C@@H](O)[C@H](NC(=O)[C@@H](O)CCN=C(N)N)C[C@H](N)[C@H]3O[C@H]3O[C@H](CNCC4(O)CCNCC4)[C@@H](O)C[C@H]3N)O[C@@H]2CO)[C@H](N)[C@@H](O)[C@@H]1O. The average Bonchev–Trinajstić information content (AvgIpc) is 3.49. The summed E-state index contributed by atoms with van der Waals surface area (Å²) in [6.45, 7) is 0.727. The van der Waals surface area contributed by atoms with Crippen LogP contribution in [0, 0.1) is 0 Å². The number of carbonyl (C=O) groups is 1. The molecule has 5 aliphatic rings. The van der Waals surface area contributed by atoms with E-state index >= 15 is 0 Å². The molecule has 25 heteroatoms. The Labute approximate surface area is 341 Å². The largest absolute Gasteiger partial charge is 0.394 e. The average molecular weight is 855 g/mol. The number of aliphatic imine (C=N–C) groups is 1. The van der Waals surface area contributed by atoms with Gasteiger partial charge in [0.1, 0.15) is 61.0 Å². The van der Waals surface area contributed by atoms with E-state index in [0.29, 0.717) is 25.9 Å². The van der Waals surface area contributed by atoms with Crippen LogP contribution in [0.2, 0.25) is 0 Å². The lowest BCUT2D eigenvalue weighted by Crippen LogP contribution is -2.67. The summed E-state index contributed by atoms with van der Waals surface area (Å²) in [6, 6.07) is -4.39. The van der Waals surface area contributed by atoms with Gasteiger partial charge >= 0.3 is 0 Å². The molecule has 1 amide bonds. The first-order valence-corrected chi connectivity index (χ1v) is 20.0. The molecule has 0 bridgehead atoms. The second-order valence-electron chi connectivity index (χ2n) is 16.1. The minimum atomic E-state index is -1.71. The number of carbonyl (C=O) groups excluding carboxylic acids is 1. The van der Waals surface area contributed by atoms with Crippen molar-refractivity contribution in [2.45, 2.75) is 154 Å². The lowest BCUT2D eigenvalue weighted by atomic mass is 9.83. The molecule has 5 rings (SSSR count). The van der Waals surface area contributed by atoms with Crippen LogP contribution in [0.3, 0.4) is 0 Å². The fraction of sp³-hybridized carbons (Fsp3) is 0.941. The maximum absolute atomic E-state index is 13.0. The van der Waals surface area contributed by atoms with E-state index in [1.54, 1.807) is 0 Å². The lowest BCUT2D eigenvalue weighted by Gasteiger charge is -2.47. The fourth-order valence-corrected chi connectivity index (χ4v) is 8.05. The first kappa shape index (κ1) is 48.0. The number of guanidine groups is 1. The summed E-state index contributed by atoms with van der Waals surface area (Å²) < 4.78 is 36.1. The molecule has 59 heavy (non-hydrogen) atoms. The van der Waals surface area contributed by atoms with Crippen LogP contribution in [-0.4, -0.2) is 220 Å². The van der Waals surface area contributed by atoms with Gasteiger partial charge in [0.05, 0.1) is 42.5 Å². The van der Waals surface area contributed by atoms with E-state index in [9.17, 15) is 45.6 Å². The van der Waals surface area contributed by atoms with Gasteiger partial charge in [0.25, 0.3) is 0 Å². The van der Waals surface area contributed by atoms with Crippen LogP contribution in [0.15, 0.2) is 4.99 Å². The first-order chi connectivity index (χ1) is 28.0. The number of nitrogens with zero attached hydrogens (tertiary/aromatic N) is 1. The Morgan fingerprint density at radius 1 is 0.831 bits per heavy atom. The minimum Gasteiger partial charge on any atom is -0.394 e. The smallest absolute Gasteiger partial charge is 0.249 e. The van der Waals surface area contributed by atoms with Gasteiger partial charge in [-0.15, -0.1) is 0 Å². The molecule has 0 aromatic carbocycles. The summed E-state index contributed by atoms with van der Waals surface area (Å²) in [5.74, 6) is -1.11. The van der Waals surface area contributed by atoms with E-state index in [1.807, 2.05) is 0 Å². The molecule has 0 unspecified atom stereocenters. The van der Waals surface area contributed by atoms with Crippen LogP contribution in [0.4, 0.5) is 0 Å². The van der Waals surface area contributed by atoms with Gasteiger partial charge in [0, 0.05) is 38.6 Å². The molecule has 4 aliphatic heterocycles. The second kappa shape index (κ2) is 21.3. The molecule has 1 saturated carbocycles. The van der Waals surface area contributed by atoms with Crippen molar-refractivity contribution in [2.75, 3.05) is 45.9 Å². The standard InChI is InChI=1S/C34H66N10O15/c35-9-18-23(49)24(50)21(38)31(54-18)58-27-20(11-45)56-32(25(27)51)59-28-22(48)15(44-29(52)16(46)1-4-43-33(39)40)7-13(36)26(28)57-30-14(37)8-17(47)19(55-30)10-42-12-34(53)2-5-41-6-3-34/h13-28,30-32,41-42,45-51,53H,1-12,35-38H2,(H,44,52)(H4,39,40,43)/t13-,14+,15+,16-,17-,18-,19+,20+,21+,22-,23+,24+,25+,26+,27+,28+,30+,31+,32-/m0/s1. The Morgan fingerprint density at radius 3 is 2.14 bits per heavy atom. The number of nitrogens with two attached hydrogens (primary N) is 6. The number of rotatable bonds is 17. The molecular formula is C34H66N10O15. The number of hydrogen-bond acceptors (Lipinski definition) is 22. The van der Waals surface area contributed by atoms with Crippen molar-refractivity contribution in [1.29, 1.82) is 0 Å². The fourth-order valence-electron chi connectivity index (χ4n) is 8.05. The van der Waals surface area contributed by atoms with Gasteiger partial charge in [-0.1, -0.05) is 0 Å². The Balaban J connectivity index is 1.32. The molecular weight excluding hydrogens is 788 g/mol. The maximum atomic E-state index is 13.0. The zero-order valence-electron chi connectivity index (χ0n) is 32.8. The monoisotopic (exact) mass is 854 g/mol. The first-order valence-electron chi connectivity index (χ1n) is 20.0. The van der Waals surface area contributed by atoms with Gasteiger partial charge in [0.2, 0.25) is 5.91 Å². The molecule has 0 spiro atoms. The van der Waals surface area contributed by atoms with Crippen molar-refractivity contribution in [1.82, 2.24) is 16.0 Å². The Kier molecular flexibility index (Phi) is 17.4. The normalized spacial score (nSPS) is 43.2. The van der Waals surface area contributed by atoms with Crippen LogP contribution in [0.1, 0.15) is 32.1 Å². The number of amides is 1.